The summed E-state index contributed by atoms with van der Waals surface area (Å²) >= 11 is 6.05. The molecule has 1 unspecified atom stereocenters. The smallest absolute Gasteiger partial charge is 0.239 e. The molecule has 2 aromatic carbocycles. The second-order valence-corrected chi connectivity index (χ2v) is 8.00. The van der Waals surface area contributed by atoms with E-state index in [-0.39, 0.29) is 36.1 Å². The highest BCUT2D eigenvalue weighted by Crippen LogP contribution is 2.35. The lowest BCUT2D eigenvalue weighted by atomic mass is 9.89. The van der Waals surface area contributed by atoms with Crippen molar-refractivity contribution in [3.05, 3.63) is 65.2 Å². The van der Waals surface area contributed by atoms with Gasteiger partial charge in [-0.2, -0.15) is 0 Å². The summed E-state index contributed by atoms with van der Waals surface area (Å²) < 4.78 is 0. The van der Waals surface area contributed by atoms with E-state index >= 15 is 0 Å². The molecule has 0 aromatic heterocycles. The van der Waals surface area contributed by atoms with Crippen molar-refractivity contribution in [2.24, 2.45) is 17.6 Å². The van der Waals surface area contributed by atoms with Gasteiger partial charge in [0.25, 0.3) is 0 Å². The molecule has 2 heterocycles. The molecule has 7 heteroatoms. The zero-order valence-electron chi connectivity index (χ0n) is 16.0. The third-order valence-electron chi connectivity index (χ3n) is 5.91. The quantitative estimate of drug-likeness (QED) is 0.751. The first kappa shape index (κ1) is 21.6. The van der Waals surface area contributed by atoms with Crippen molar-refractivity contribution in [3.63, 3.8) is 0 Å². The zero-order chi connectivity index (χ0) is 19.7. The van der Waals surface area contributed by atoms with E-state index in [4.69, 9.17) is 17.3 Å². The van der Waals surface area contributed by atoms with Crippen LogP contribution in [0.3, 0.4) is 0 Å². The summed E-state index contributed by atoms with van der Waals surface area (Å²) in [5, 5.41) is 0.580. The maximum absolute atomic E-state index is 13.2. The van der Waals surface area contributed by atoms with E-state index in [1.165, 1.54) is 5.56 Å². The molecule has 2 N–H and O–H groups in total. The Balaban J connectivity index is 0.00000240. The van der Waals surface area contributed by atoms with Crippen LogP contribution in [0, 0.1) is 11.8 Å². The van der Waals surface area contributed by atoms with Gasteiger partial charge in [-0.1, -0.05) is 48.0 Å². The van der Waals surface area contributed by atoms with Crippen LogP contribution in [0.2, 0.25) is 5.02 Å². The van der Waals surface area contributed by atoms with Crippen LogP contribution in [0.1, 0.15) is 17.9 Å². The highest BCUT2D eigenvalue weighted by Gasteiger charge is 2.43. The molecule has 2 aliphatic heterocycles. The molecule has 29 heavy (non-hydrogen) atoms. The van der Waals surface area contributed by atoms with Gasteiger partial charge in [0.2, 0.25) is 11.8 Å². The third-order valence-corrected chi connectivity index (χ3v) is 6.14. The van der Waals surface area contributed by atoms with Crippen molar-refractivity contribution >= 4 is 41.5 Å². The van der Waals surface area contributed by atoms with Gasteiger partial charge in [-0.3, -0.25) is 9.59 Å². The van der Waals surface area contributed by atoms with E-state index in [2.05, 4.69) is 12.1 Å². The van der Waals surface area contributed by atoms with Gasteiger partial charge in [-0.05, 0) is 42.6 Å². The standard InChI is InChI=1S/C22H24ClN3O2.ClH/c23-17-7-4-8-18(11-17)26-10-9-19(22(26)28)21(27)25-13-16(12-24)20(14-25)15-5-2-1-3-6-15;/h1-8,11,16,19-20H,9-10,12-14,24H2;1H/t16-,19?,20+;/m1./s1. The normalized spacial score (nSPS) is 23.9. The van der Waals surface area contributed by atoms with Gasteiger partial charge in [0.15, 0.2) is 0 Å². The number of nitrogens with two attached hydrogens (primary N) is 1. The van der Waals surface area contributed by atoms with Crippen molar-refractivity contribution in [2.45, 2.75) is 12.3 Å². The molecule has 154 valence electrons. The maximum atomic E-state index is 13.2. The van der Waals surface area contributed by atoms with E-state index in [0.29, 0.717) is 37.6 Å². The second-order valence-electron chi connectivity index (χ2n) is 7.57. The molecule has 5 nitrogen and oxygen atoms in total. The number of hydrogen-bond donors (Lipinski definition) is 1. The fourth-order valence-electron chi connectivity index (χ4n) is 4.40. The monoisotopic (exact) mass is 433 g/mol. The zero-order valence-corrected chi connectivity index (χ0v) is 17.6. The fraction of sp³-hybridized carbons (Fsp3) is 0.364. The highest BCUT2D eigenvalue weighted by atomic mass is 35.5. The predicted molar refractivity (Wildman–Crippen MR) is 117 cm³/mol. The average Bonchev–Trinajstić information content (AvgIpc) is 3.32. The number of anilines is 1. The van der Waals surface area contributed by atoms with Gasteiger partial charge in [0, 0.05) is 36.3 Å². The Kier molecular flexibility index (Phi) is 6.83. The van der Waals surface area contributed by atoms with Gasteiger partial charge >= 0.3 is 0 Å². The summed E-state index contributed by atoms with van der Waals surface area (Å²) in [5.74, 6) is -0.402. The van der Waals surface area contributed by atoms with Crippen molar-refractivity contribution in [3.8, 4) is 0 Å². The van der Waals surface area contributed by atoms with Crippen LogP contribution < -0.4 is 10.6 Å². The van der Waals surface area contributed by atoms with E-state index in [1.54, 1.807) is 17.0 Å². The summed E-state index contributed by atoms with van der Waals surface area (Å²) in [7, 11) is 0. The fourth-order valence-corrected chi connectivity index (χ4v) is 4.58. The first-order chi connectivity index (χ1) is 13.6. The van der Waals surface area contributed by atoms with Crippen LogP contribution in [0.25, 0.3) is 0 Å². The van der Waals surface area contributed by atoms with Crippen LogP contribution in [-0.4, -0.2) is 42.9 Å². The van der Waals surface area contributed by atoms with E-state index in [0.717, 1.165) is 5.69 Å². The predicted octanol–water partition coefficient (Wildman–Crippen LogP) is 3.32. The Labute approximate surface area is 182 Å². The summed E-state index contributed by atoms with van der Waals surface area (Å²) in [6.45, 7) is 2.28. The molecule has 0 spiro atoms. The summed E-state index contributed by atoms with van der Waals surface area (Å²) in [5.41, 5.74) is 7.94. The maximum Gasteiger partial charge on any atom is 0.239 e. The third kappa shape index (κ3) is 4.27. The number of amides is 2. The topological polar surface area (TPSA) is 66.6 Å². The number of carbonyl (C=O) groups excluding carboxylic acids is 2. The van der Waals surface area contributed by atoms with Gasteiger partial charge in [0.1, 0.15) is 5.92 Å². The summed E-state index contributed by atoms with van der Waals surface area (Å²) in [6, 6.07) is 17.4. The first-order valence-electron chi connectivity index (χ1n) is 9.69. The van der Waals surface area contributed by atoms with Crippen LogP contribution >= 0.6 is 24.0 Å². The van der Waals surface area contributed by atoms with E-state index in [9.17, 15) is 9.59 Å². The van der Waals surface area contributed by atoms with Crippen LogP contribution in [-0.2, 0) is 9.59 Å². The van der Waals surface area contributed by atoms with E-state index in [1.807, 2.05) is 35.2 Å². The minimum atomic E-state index is -0.619. The van der Waals surface area contributed by atoms with Crippen LogP contribution in [0.4, 0.5) is 5.69 Å². The molecule has 0 bridgehead atoms. The lowest BCUT2D eigenvalue weighted by molar-refractivity contribution is -0.139. The summed E-state index contributed by atoms with van der Waals surface area (Å²) in [4.78, 5) is 29.6. The van der Waals surface area contributed by atoms with Gasteiger partial charge in [-0.25, -0.2) is 0 Å². The minimum absolute atomic E-state index is 0. The molecule has 2 fully saturated rings. The molecule has 2 aliphatic rings. The van der Waals surface area contributed by atoms with Crippen molar-refractivity contribution in [1.82, 2.24) is 4.90 Å². The molecule has 3 atom stereocenters. The summed E-state index contributed by atoms with van der Waals surface area (Å²) in [6.07, 6.45) is 0.532. The Morgan fingerprint density at radius 1 is 1.10 bits per heavy atom. The lowest BCUT2D eigenvalue weighted by Gasteiger charge is -2.21. The van der Waals surface area contributed by atoms with Crippen molar-refractivity contribution < 1.29 is 9.59 Å². The molecule has 2 aromatic rings. The molecule has 0 saturated carbocycles. The second kappa shape index (κ2) is 9.16. The molecule has 2 saturated heterocycles. The van der Waals surface area contributed by atoms with Crippen LogP contribution in [0.15, 0.2) is 54.6 Å². The number of likely N-dealkylation sites (tertiary alicyclic amines) is 1. The SMILES string of the molecule is Cl.NC[C@@H]1CN(C(=O)C2CCN(c3cccc(Cl)c3)C2=O)C[C@H]1c1ccccc1. The first-order valence-corrected chi connectivity index (χ1v) is 10.1. The number of nitrogens with zero attached hydrogens (tertiary/aromatic N) is 2. The number of hydrogen-bond acceptors (Lipinski definition) is 3. The Bertz CT molecular complexity index is 877. The van der Waals surface area contributed by atoms with Crippen molar-refractivity contribution in [2.75, 3.05) is 31.1 Å². The molecule has 4 rings (SSSR count). The Hall–Kier alpha value is -2.08. The number of benzene rings is 2. The Morgan fingerprint density at radius 3 is 2.55 bits per heavy atom. The van der Waals surface area contributed by atoms with Crippen molar-refractivity contribution in [1.29, 1.82) is 0 Å². The molecular formula is C22H25Cl2N3O2. The van der Waals surface area contributed by atoms with Crippen LogP contribution in [0.5, 0.6) is 0 Å². The number of rotatable bonds is 4. The van der Waals surface area contributed by atoms with E-state index < -0.39 is 5.92 Å². The largest absolute Gasteiger partial charge is 0.341 e. The van der Waals surface area contributed by atoms with Gasteiger partial charge in [0.05, 0.1) is 0 Å². The molecule has 2 amide bonds. The minimum Gasteiger partial charge on any atom is -0.341 e. The average molecular weight is 434 g/mol. The molecule has 0 aliphatic carbocycles. The lowest BCUT2D eigenvalue weighted by Crippen LogP contribution is -2.39. The number of carbonyl (C=O) groups is 2. The Morgan fingerprint density at radius 2 is 1.86 bits per heavy atom. The molecule has 0 radical (unpaired) electrons. The van der Waals surface area contributed by atoms with Gasteiger partial charge < -0.3 is 15.5 Å². The molecular weight excluding hydrogens is 409 g/mol. The highest BCUT2D eigenvalue weighted by molar-refractivity contribution is 6.31. The number of halogens is 2. The van der Waals surface area contributed by atoms with Gasteiger partial charge in [-0.15, -0.1) is 12.4 Å².